The Morgan fingerprint density at radius 3 is 2.59 bits per heavy atom. The van der Waals surface area contributed by atoms with Gasteiger partial charge in [-0.3, -0.25) is 0 Å². The predicted molar refractivity (Wildman–Crippen MR) is 75.7 cm³/mol. The lowest BCUT2D eigenvalue weighted by molar-refractivity contribution is 0.361. The van der Waals surface area contributed by atoms with Gasteiger partial charge in [0, 0.05) is 16.6 Å². The molecule has 0 amide bonds. The van der Waals surface area contributed by atoms with Gasteiger partial charge in [-0.25, -0.2) is 0 Å². The minimum atomic E-state index is 0.606. The average molecular weight is 298 g/mol. The zero-order chi connectivity index (χ0) is 12.3. The Bertz CT molecular complexity index is 372. The first kappa shape index (κ1) is 12.7. The highest BCUT2D eigenvalue weighted by Crippen LogP contribution is 2.31. The Morgan fingerprint density at radius 2 is 1.94 bits per heavy atom. The SMILES string of the molecule is COc1ccc(Br)c(NC2CCC(C)CC2)c1. The number of ether oxygens (including phenoxy) is 1. The molecule has 0 aliphatic heterocycles. The molecular formula is C14H20BrNO. The molecule has 0 radical (unpaired) electrons. The van der Waals surface area contributed by atoms with Crippen molar-refractivity contribution in [3.8, 4) is 5.75 Å². The highest BCUT2D eigenvalue weighted by molar-refractivity contribution is 9.10. The number of benzene rings is 1. The van der Waals surface area contributed by atoms with E-state index in [0.717, 1.165) is 21.8 Å². The fourth-order valence-electron chi connectivity index (χ4n) is 2.37. The van der Waals surface area contributed by atoms with Gasteiger partial charge in [0.15, 0.2) is 0 Å². The Morgan fingerprint density at radius 1 is 1.24 bits per heavy atom. The lowest BCUT2D eigenvalue weighted by Gasteiger charge is -2.28. The number of hydrogen-bond acceptors (Lipinski definition) is 2. The summed E-state index contributed by atoms with van der Waals surface area (Å²) < 4.78 is 6.36. The Hall–Kier alpha value is -0.700. The van der Waals surface area contributed by atoms with Crippen molar-refractivity contribution >= 4 is 21.6 Å². The van der Waals surface area contributed by atoms with Gasteiger partial charge in [0.05, 0.1) is 12.8 Å². The van der Waals surface area contributed by atoms with Gasteiger partial charge in [0.1, 0.15) is 5.75 Å². The maximum absolute atomic E-state index is 5.26. The van der Waals surface area contributed by atoms with Crippen molar-refractivity contribution in [2.75, 3.05) is 12.4 Å². The molecule has 1 fully saturated rings. The van der Waals surface area contributed by atoms with E-state index in [1.54, 1.807) is 7.11 Å². The van der Waals surface area contributed by atoms with Crippen LogP contribution in [0, 0.1) is 5.92 Å². The van der Waals surface area contributed by atoms with Gasteiger partial charge in [0.25, 0.3) is 0 Å². The standard InChI is InChI=1S/C14H20BrNO/c1-10-3-5-11(6-4-10)16-14-9-12(17-2)7-8-13(14)15/h7-11,16H,3-6H2,1-2H3. The van der Waals surface area contributed by atoms with Crippen LogP contribution in [0.25, 0.3) is 0 Å². The molecule has 0 bridgehead atoms. The van der Waals surface area contributed by atoms with Crippen molar-refractivity contribution in [2.45, 2.75) is 38.6 Å². The molecule has 17 heavy (non-hydrogen) atoms. The fraction of sp³-hybridized carbons (Fsp3) is 0.571. The first-order valence-electron chi connectivity index (χ1n) is 6.29. The molecule has 1 N–H and O–H groups in total. The summed E-state index contributed by atoms with van der Waals surface area (Å²) in [6.45, 7) is 2.34. The maximum Gasteiger partial charge on any atom is 0.121 e. The van der Waals surface area contributed by atoms with Crippen molar-refractivity contribution in [1.29, 1.82) is 0 Å². The van der Waals surface area contributed by atoms with Crippen LogP contribution in [-0.2, 0) is 0 Å². The quantitative estimate of drug-likeness (QED) is 0.890. The van der Waals surface area contributed by atoms with Crippen LogP contribution in [0.4, 0.5) is 5.69 Å². The fourth-order valence-corrected chi connectivity index (χ4v) is 2.73. The molecular weight excluding hydrogens is 278 g/mol. The summed E-state index contributed by atoms with van der Waals surface area (Å²) in [6.07, 6.45) is 5.20. The molecule has 0 saturated heterocycles. The van der Waals surface area contributed by atoms with E-state index in [2.05, 4.69) is 34.2 Å². The van der Waals surface area contributed by atoms with Gasteiger partial charge in [-0.05, 0) is 59.7 Å². The smallest absolute Gasteiger partial charge is 0.121 e. The molecule has 1 aromatic rings. The maximum atomic E-state index is 5.26. The molecule has 0 aromatic heterocycles. The van der Waals surface area contributed by atoms with Gasteiger partial charge < -0.3 is 10.1 Å². The number of methoxy groups -OCH3 is 1. The predicted octanol–water partition coefficient (Wildman–Crippen LogP) is 4.45. The third-order valence-corrected chi connectivity index (χ3v) is 4.24. The Labute approximate surface area is 112 Å². The molecule has 3 heteroatoms. The van der Waals surface area contributed by atoms with Gasteiger partial charge in [0.2, 0.25) is 0 Å². The van der Waals surface area contributed by atoms with E-state index in [9.17, 15) is 0 Å². The molecule has 94 valence electrons. The largest absolute Gasteiger partial charge is 0.497 e. The number of rotatable bonds is 3. The summed E-state index contributed by atoms with van der Waals surface area (Å²) in [6, 6.07) is 6.67. The summed E-state index contributed by atoms with van der Waals surface area (Å²) in [5.74, 6) is 1.79. The lowest BCUT2D eigenvalue weighted by atomic mass is 9.87. The molecule has 1 aromatic carbocycles. The summed E-state index contributed by atoms with van der Waals surface area (Å²) in [4.78, 5) is 0. The molecule has 0 spiro atoms. The topological polar surface area (TPSA) is 21.3 Å². The van der Waals surface area contributed by atoms with E-state index in [1.165, 1.54) is 25.7 Å². The second kappa shape index (κ2) is 5.76. The van der Waals surface area contributed by atoms with Crippen LogP contribution in [-0.4, -0.2) is 13.2 Å². The zero-order valence-corrected chi connectivity index (χ0v) is 12.1. The third-order valence-electron chi connectivity index (χ3n) is 3.55. The van der Waals surface area contributed by atoms with Crippen LogP contribution >= 0.6 is 15.9 Å². The van der Waals surface area contributed by atoms with E-state index in [-0.39, 0.29) is 0 Å². The Balaban J connectivity index is 2.02. The number of hydrogen-bond donors (Lipinski definition) is 1. The number of anilines is 1. The highest BCUT2D eigenvalue weighted by atomic mass is 79.9. The first-order chi connectivity index (χ1) is 8.19. The first-order valence-corrected chi connectivity index (χ1v) is 7.08. The minimum absolute atomic E-state index is 0.606. The molecule has 2 rings (SSSR count). The minimum Gasteiger partial charge on any atom is -0.497 e. The molecule has 0 heterocycles. The van der Waals surface area contributed by atoms with Crippen molar-refractivity contribution in [3.63, 3.8) is 0 Å². The molecule has 1 aliphatic carbocycles. The highest BCUT2D eigenvalue weighted by Gasteiger charge is 2.18. The van der Waals surface area contributed by atoms with Crippen molar-refractivity contribution in [3.05, 3.63) is 22.7 Å². The molecule has 1 saturated carbocycles. The number of halogens is 1. The van der Waals surface area contributed by atoms with Gasteiger partial charge in [-0.1, -0.05) is 6.92 Å². The monoisotopic (exact) mass is 297 g/mol. The number of nitrogens with one attached hydrogen (secondary N) is 1. The summed E-state index contributed by atoms with van der Waals surface area (Å²) in [5.41, 5.74) is 1.14. The molecule has 0 unspecified atom stereocenters. The van der Waals surface area contributed by atoms with E-state index in [4.69, 9.17) is 4.74 Å². The second-order valence-electron chi connectivity index (χ2n) is 4.95. The van der Waals surface area contributed by atoms with E-state index < -0.39 is 0 Å². The van der Waals surface area contributed by atoms with Gasteiger partial charge >= 0.3 is 0 Å². The van der Waals surface area contributed by atoms with Crippen LogP contribution in [0.5, 0.6) is 5.75 Å². The molecule has 0 atom stereocenters. The normalized spacial score (nSPS) is 24.4. The van der Waals surface area contributed by atoms with Crippen LogP contribution in [0.2, 0.25) is 0 Å². The molecule has 2 nitrogen and oxygen atoms in total. The van der Waals surface area contributed by atoms with E-state index in [1.807, 2.05) is 12.1 Å². The lowest BCUT2D eigenvalue weighted by Crippen LogP contribution is -2.25. The Kier molecular flexibility index (Phi) is 4.32. The summed E-state index contributed by atoms with van der Waals surface area (Å²) in [5, 5.41) is 3.62. The third kappa shape index (κ3) is 3.38. The van der Waals surface area contributed by atoms with E-state index in [0.29, 0.717) is 6.04 Å². The van der Waals surface area contributed by atoms with Gasteiger partial charge in [-0.15, -0.1) is 0 Å². The summed E-state index contributed by atoms with van der Waals surface area (Å²) >= 11 is 3.58. The van der Waals surface area contributed by atoms with E-state index >= 15 is 0 Å². The van der Waals surface area contributed by atoms with Crippen molar-refractivity contribution < 1.29 is 4.74 Å². The van der Waals surface area contributed by atoms with Crippen LogP contribution in [0.3, 0.4) is 0 Å². The van der Waals surface area contributed by atoms with Crippen molar-refractivity contribution in [2.24, 2.45) is 5.92 Å². The van der Waals surface area contributed by atoms with Crippen LogP contribution in [0.1, 0.15) is 32.6 Å². The zero-order valence-electron chi connectivity index (χ0n) is 10.5. The van der Waals surface area contributed by atoms with Crippen LogP contribution in [0.15, 0.2) is 22.7 Å². The second-order valence-corrected chi connectivity index (χ2v) is 5.80. The van der Waals surface area contributed by atoms with Crippen LogP contribution < -0.4 is 10.1 Å². The summed E-state index contributed by atoms with van der Waals surface area (Å²) in [7, 11) is 1.70. The molecule has 1 aliphatic rings. The average Bonchev–Trinajstić information content (AvgIpc) is 2.35. The van der Waals surface area contributed by atoms with Gasteiger partial charge in [-0.2, -0.15) is 0 Å². The van der Waals surface area contributed by atoms with Crippen molar-refractivity contribution in [1.82, 2.24) is 0 Å².